The van der Waals surface area contributed by atoms with Crippen LogP contribution in [0.25, 0.3) is 0 Å². The summed E-state index contributed by atoms with van der Waals surface area (Å²) in [5.41, 5.74) is 0.782. The third-order valence-corrected chi connectivity index (χ3v) is 2.03. The average molecular weight is 232 g/mol. The molecule has 1 heterocycles. The van der Waals surface area contributed by atoms with E-state index in [1.54, 1.807) is 14.0 Å². The van der Waals surface area contributed by atoms with Crippen LogP contribution in [0.15, 0.2) is 0 Å². The van der Waals surface area contributed by atoms with E-state index in [-0.39, 0.29) is 12.1 Å². The number of hydrogen-bond donors (Lipinski definition) is 1. The summed E-state index contributed by atoms with van der Waals surface area (Å²) in [5.74, 6) is 0.323. The molecule has 0 saturated carbocycles. The fourth-order valence-corrected chi connectivity index (χ4v) is 1.32. The standard InChI is InChI=1S/C9H11F3N4/c1-6-7(5-13)8(16(2)15-6)14-4-3-9(10,11)12/h14H,3-4H2,1-2H3. The second kappa shape index (κ2) is 4.43. The molecule has 0 saturated heterocycles. The van der Waals surface area contributed by atoms with Crippen LogP contribution in [0.2, 0.25) is 0 Å². The Hall–Kier alpha value is -1.71. The van der Waals surface area contributed by atoms with Crippen LogP contribution in [-0.2, 0) is 7.05 Å². The summed E-state index contributed by atoms with van der Waals surface area (Å²) in [6.45, 7) is 1.37. The highest BCUT2D eigenvalue weighted by molar-refractivity contribution is 5.54. The van der Waals surface area contributed by atoms with Gasteiger partial charge < -0.3 is 5.32 Å². The molecular formula is C9H11F3N4. The Morgan fingerprint density at radius 1 is 1.50 bits per heavy atom. The number of rotatable bonds is 3. The van der Waals surface area contributed by atoms with E-state index in [1.165, 1.54) is 4.68 Å². The number of alkyl halides is 3. The van der Waals surface area contributed by atoms with E-state index in [0.717, 1.165) is 0 Å². The third kappa shape index (κ3) is 2.89. The second-order valence-electron chi connectivity index (χ2n) is 3.34. The van der Waals surface area contributed by atoms with Crippen molar-refractivity contribution in [1.82, 2.24) is 9.78 Å². The van der Waals surface area contributed by atoms with Gasteiger partial charge in [0.05, 0.1) is 12.1 Å². The van der Waals surface area contributed by atoms with Crippen molar-refractivity contribution in [2.45, 2.75) is 19.5 Å². The Balaban J connectivity index is 2.71. The van der Waals surface area contributed by atoms with E-state index in [4.69, 9.17) is 5.26 Å². The lowest BCUT2D eigenvalue weighted by Gasteiger charge is -2.09. The van der Waals surface area contributed by atoms with Crippen molar-refractivity contribution in [3.05, 3.63) is 11.3 Å². The SMILES string of the molecule is Cc1nn(C)c(NCCC(F)(F)F)c1C#N. The van der Waals surface area contributed by atoms with Crippen LogP contribution < -0.4 is 5.32 Å². The molecule has 16 heavy (non-hydrogen) atoms. The molecule has 0 bridgehead atoms. The number of halogens is 3. The van der Waals surface area contributed by atoms with Crippen LogP contribution >= 0.6 is 0 Å². The summed E-state index contributed by atoms with van der Waals surface area (Å²) in [6, 6.07) is 1.91. The van der Waals surface area contributed by atoms with Crippen molar-refractivity contribution in [2.24, 2.45) is 7.05 Å². The zero-order valence-electron chi connectivity index (χ0n) is 8.89. The van der Waals surface area contributed by atoms with Gasteiger partial charge in [-0.3, -0.25) is 4.68 Å². The molecule has 0 unspecified atom stereocenters. The average Bonchev–Trinajstić information content (AvgIpc) is 2.39. The van der Waals surface area contributed by atoms with Crippen LogP contribution in [0.3, 0.4) is 0 Å². The first-order valence-electron chi connectivity index (χ1n) is 4.59. The van der Waals surface area contributed by atoms with Gasteiger partial charge in [-0.2, -0.15) is 23.5 Å². The number of aromatic nitrogens is 2. The van der Waals surface area contributed by atoms with Gasteiger partial charge in [-0.15, -0.1) is 0 Å². The lowest BCUT2D eigenvalue weighted by Crippen LogP contribution is -2.16. The molecule has 0 aliphatic rings. The quantitative estimate of drug-likeness (QED) is 0.866. The molecule has 0 aliphatic heterocycles. The highest BCUT2D eigenvalue weighted by atomic mass is 19.4. The summed E-state index contributed by atoms with van der Waals surface area (Å²) in [7, 11) is 1.57. The van der Waals surface area contributed by atoms with Crippen molar-refractivity contribution >= 4 is 5.82 Å². The van der Waals surface area contributed by atoms with Crippen molar-refractivity contribution in [1.29, 1.82) is 5.26 Å². The molecule has 0 atom stereocenters. The molecule has 0 aliphatic carbocycles. The van der Waals surface area contributed by atoms with Crippen molar-refractivity contribution < 1.29 is 13.2 Å². The predicted molar refractivity (Wildman–Crippen MR) is 51.8 cm³/mol. The minimum atomic E-state index is -4.20. The summed E-state index contributed by atoms with van der Waals surface area (Å²) >= 11 is 0. The van der Waals surface area contributed by atoms with E-state index in [2.05, 4.69) is 10.4 Å². The van der Waals surface area contributed by atoms with E-state index in [1.807, 2.05) is 6.07 Å². The number of nitriles is 1. The third-order valence-electron chi connectivity index (χ3n) is 2.03. The van der Waals surface area contributed by atoms with Gasteiger partial charge >= 0.3 is 6.18 Å². The first-order valence-corrected chi connectivity index (χ1v) is 4.59. The fraction of sp³-hybridized carbons (Fsp3) is 0.556. The maximum absolute atomic E-state index is 11.9. The number of anilines is 1. The first kappa shape index (κ1) is 12.4. The lowest BCUT2D eigenvalue weighted by molar-refractivity contribution is -0.131. The van der Waals surface area contributed by atoms with E-state index < -0.39 is 12.6 Å². The second-order valence-corrected chi connectivity index (χ2v) is 3.34. The van der Waals surface area contributed by atoms with Crippen LogP contribution in [0.4, 0.5) is 19.0 Å². The zero-order chi connectivity index (χ0) is 12.3. The largest absolute Gasteiger partial charge is 0.390 e. The van der Waals surface area contributed by atoms with Gasteiger partial charge in [-0.05, 0) is 6.92 Å². The molecule has 0 spiro atoms. The molecule has 0 fully saturated rings. The minimum Gasteiger partial charge on any atom is -0.369 e. The fourth-order valence-electron chi connectivity index (χ4n) is 1.32. The monoisotopic (exact) mass is 232 g/mol. The van der Waals surface area contributed by atoms with E-state index >= 15 is 0 Å². The predicted octanol–water partition coefficient (Wildman–Crippen LogP) is 1.96. The van der Waals surface area contributed by atoms with Crippen molar-refractivity contribution in [3.8, 4) is 6.07 Å². The molecule has 1 aromatic rings. The number of aryl methyl sites for hydroxylation is 2. The Morgan fingerprint density at radius 2 is 2.12 bits per heavy atom. The highest BCUT2D eigenvalue weighted by Gasteiger charge is 2.26. The Labute approximate surface area is 90.7 Å². The molecule has 7 heteroatoms. The van der Waals surface area contributed by atoms with Gasteiger partial charge in [0.1, 0.15) is 17.5 Å². The highest BCUT2D eigenvalue weighted by Crippen LogP contribution is 2.21. The maximum Gasteiger partial charge on any atom is 0.390 e. The van der Waals surface area contributed by atoms with Crippen LogP contribution in [-0.4, -0.2) is 22.5 Å². The van der Waals surface area contributed by atoms with Gasteiger partial charge in [0.2, 0.25) is 0 Å². The smallest absolute Gasteiger partial charge is 0.369 e. The van der Waals surface area contributed by atoms with Gasteiger partial charge in [-0.25, -0.2) is 0 Å². The summed E-state index contributed by atoms with van der Waals surface area (Å²) in [4.78, 5) is 0. The minimum absolute atomic E-state index is 0.267. The van der Waals surface area contributed by atoms with Gasteiger partial charge in [0, 0.05) is 13.6 Å². The van der Waals surface area contributed by atoms with Crippen LogP contribution in [0.1, 0.15) is 17.7 Å². The van der Waals surface area contributed by atoms with E-state index in [9.17, 15) is 13.2 Å². The first-order chi connectivity index (χ1) is 7.35. The zero-order valence-corrected chi connectivity index (χ0v) is 8.89. The lowest BCUT2D eigenvalue weighted by atomic mass is 10.2. The van der Waals surface area contributed by atoms with Crippen LogP contribution in [0.5, 0.6) is 0 Å². The molecule has 0 amide bonds. The molecular weight excluding hydrogens is 221 g/mol. The number of nitrogens with one attached hydrogen (secondary N) is 1. The molecule has 88 valence electrons. The topological polar surface area (TPSA) is 53.6 Å². The molecule has 1 aromatic heterocycles. The Bertz CT molecular complexity index is 414. The van der Waals surface area contributed by atoms with Gasteiger partial charge in [0.25, 0.3) is 0 Å². The summed E-state index contributed by atoms with van der Waals surface area (Å²) < 4.78 is 37.1. The number of nitrogens with zero attached hydrogens (tertiary/aromatic N) is 3. The van der Waals surface area contributed by atoms with Crippen molar-refractivity contribution in [3.63, 3.8) is 0 Å². The molecule has 0 aromatic carbocycles. The summed E-state index contributed by atoms with van der Waals surface area (Å²) in [6.07, 6.45) is -5.14. The van der Waals surface area contributed by atoms with Gasteiger partial charge in [-0.1, -0.05) is 0 Å². The Kier molecular flexibility index (Phi) is 3.42. The number of hydrogen-bond acceptors (Lipinski definition) is 3. The van der Waals surface area contributed by atoms with Crippen LogP contribution in [0, 0.1) is 18.3 Å². The molecule has 0 radical (unpaired) electrons. The molecule has 4 nitrogen and oxygen atoms in total. The Morgan fingerprint density at radius 3 is 2.62 bits per heavy atom. The summed E-state index contributed by atoms with van der Waals surface area (Å²) in [5, 5.41) is 15.3. The maximum atomic E-state index is 11.9. The molecule has 1 N–H and O–H groups in total. The van der Waals surface area contributed by atoms with E-state index in [0.29, 0.717) is 11.5 Å². The van der Waals surface area contributed by atoms with Gasteiger partial charge in [0.15, 0.2) is 0 Å². The normalized spacial score (nSPS) is 11.2. The van der Waals surface area contributed by atoms with Crippen molar-refractivity contribution in [2.75, 3.05) is 11.9 Å². The molecule has 1 rings (SSSR count).